The van der Waals surface area contributed by atoms with Crippen LogP contribution in [0.5, 0.6) is 0 Å². The highest BCUT2D eigenvalue weighted by molar-refractivity contribution is 5.84. The minimum absolute atomic E-state index is 0.256. The van der Waals surface area contributed by atoms with Crippen LogP contribution in [-0.4, -0.2) is 25.0 Å². The van der Waals surface area contributed by atoms with Crippen LogP contribution >= 0.6 is 0 Å². The first-order valence-electron chi connectivity index (χ1n) is 8.46. The van der Waals surface area contributed by atoms with Crippen molar-refractivity contribution >= 4 is 22.7 Å². The van der Waals surface area contributed by atoms with E-state index in [1.54, 1.807) is 11.6 Å². The molecule has 0 aliphatic carbocycles. The number of anilines is 2. The Hall–Kier alpha value is -3.49. The Kier molecular flexibility index (Phi) is 4.42. The lowest BCUT2D eigenvalue weighted by molar-refractivity contribution is -0.137. The molecule has 4 rings (SSSR count). The Morgan fingerprint density at radius 3 is 2.54 bits per heavy atom. The molecule has 0 fully saturated rings. The van der Waals surface area contributed by atoms with Crippen LogP contribution in [0.2, 0.25) is 0 Å². The Morgan fingerprint density at radius 2 is 1.79 bits per heavy atom. The molecule has 2 aromatic carbocycles. The normalized spacial score (nSPS) is 11.7. The molecule has 0 saturated carbocycles. The zero-order valence-electron chi connectivity index (χ0n) is 14.8. The SMILES string of the molecule is Cc1nc(Nc2cccc(C(F)(F)F)c2)c2nnn(Cc3ccccc3)c2n1. The van der Waals surface area contributed by atoms with Crippen molar-refractivity contribution in [1.29, 1.82) is 0 Å². The average molecular weight is 384 g/mol. The van der Waals surface area contributed by atoms with E-state index in [9.17, 15) is 13.2 Å². The van der Waals surface area contributed by atoms with Crippen LogP contribution in [0.3, 0.4) is 0 Å². The minimum Gasteiger partial charge on any atom is -0.338 e. The number of fused-ring (bicyclic) bond motifs is 1. The monoisotopic (exact) mass is 384 g/mol. The molecule has 0 spiro atoms. The van der Waals surface area contributed by atoms with Gasteiger partial charge in [0, 0.05) is 5.69 Å². The number of benzene rings is 2. The molecule has 2 heterocycles. The fourth-order valence-electron chi connectivity index (χ4n) is 2.82. The van der Waals surface area contributed by atoms with Crippen LogP contribution in [0.25, 0.3) is 11.2 Å². The van der Waals surface area contributed by atoms with Gasteiger partial charge in [-0.05, 0) is 30.7 Å². The summed E-state index contributed by atoms with van der Waals surface area (Å²) < 4.78 is 40.5. The highest BCUT2D eigenvalue weighted by Gasteiger charge is 2.30. The molecule has 9 heteroatoms. The number of aryl methyl sites for hydroxylation is 1. The van der Waals surface area contributed by atoms with Gasteiger partial charge in [-0.2, -0.15) is 13.2 Å². The van der Waals surface area contributed by atoms with Crippen molar-refractivity contribution in [1.82, 2.24) is 25.0 Å². The highest BCUT2D eigenvalue weighted by Crippen LogP contribution is 2.32. The van der Waals surface area contributed by atoms with Gasteiger partial charge in [-0.25, -0.2) is 14.6 Å². The van der Waals surface area contributed by atoms with Crippen molar-refractivity contribution in [3.8, 4) is 0 Å². The van der Waals surface area contributed by atoms with E-state index in [1.807, 2.05) is 30.3 Å². The summed E-state index contributed by atoms with van der Waals surface area (Å²) >= 11 is 0. The number of rotatable bonds is 4. The smallest absolute Gasteiger partial charge is 0.338 e. The molecule has 4 aromatic rings. The standard InChI is InChI=1S/C19H15F3N6/c1-12-23-17(25-15-9-5-8-14(10-15)19(20,21)22)16-18(24-12)28(27-26-16)11-13-6-3-2-4-7-13/h2-10H,11H2,1H3,(H,23,24,25). The molecule has 2 aromatic heterocycles. The van der Waals surface area contributed by atoms with E-state index in [0.29, 0.717) is 29.4 Å². The van der Waals surface area contributed by atoms with E-state index in [2.05, 4.69) is 25.6 Å². The summed E-state index contributed by atoms with van der Waals surface area (Å²) in [7, 11) is 0. The third kappa shape index (κ3) is 3.64. The second-order valence-electron chi connectivity index (χ2n) is 6.23. The zero-order chi connectivity index (χ0) is 19.7. The molecule has 0 atom stereocenters. The van der Waals surface area contributed by atoms with Gasteiger partial charge in [0.2, 0.25) is 0 Å². The first-order valence-corrected chi connectivity index (χ1v) is 8.46. The van der Waals surface area contributed by atoms with Gasteiger partial charge < -0.3 is 5.32 Å². The molecule has 0 saturated heterocycles. The largest absolute Gasteiger partial charge is 0.416 e. The van der Waals surface area contributed by atoms with Gasteiger partial charge in [0.15, 0.2) is 17.0 Å². The molecule has 0 aliphatic heterocycles. The van der Waals surface area contributed by atoms with Crippen LogP contribution in [0.1, 0.15) is 17.0 Å². The second-order valence-corrected chi connectivity index (χ2v) is 6.23. The first kappa shape index (κ1) is 17.9. The second kappa shape index (κ2) is 6.91. The maximum absolute atomic E-state index is 13.0. The van der Waals surface area contributed by atoms with Gasteiger partial charge in [0.1, 0.15) is 5.82 Å². The number of aromatic nitrogens is 5. The molecule has 6 nitrogen and oxygen atoms in total. The van der Waals surface area contributed by atoms with Crippen molar-refractivity contribution in [3.05, 3.63) is 71.5 Å². The third-order valence-corrected chi connectivity index (χ3v) is 4.10. The maximum atomic E-state index is 13.0. The molecule has 142 valence electrons. The summed E-state index contributed by atoms with van der Waals surface area (Å²) in [5.41, 5.74) is 1.43. The Balaban J connectivity index is 1.70. The Morgan fingerprint density at radius 1 is 1.00 bits per heavy atom. The van der Waals surface area contributed by atoms with E-state index >= 15 is 0 Å². The molecule has 28 heavy (non-hydrogen) atoms. The molecular formula is C19H15F3N6. The van der Waals surface area contributed by atoms with Gasteiger partial charge in [-0.15, -0.1) is 5.10 Å². The van der Waals surface area contributed by atoms with Gasteiger partial charge in [0.05, 0.1) is 12.1 Å². The number of hydrogen-bond acceptors (Lipinski definition) is 5. The van der Waals surface area contributed by atoms with Gasteiger partial charge in [-0.1, -0.05) is 41.6 Å². The van der Waals surface area contributed by atoms with Crippen molar-refractivity contribution in [2.24, 2.45) is 0 Å². The molecule has 0 bridgehead atoms. The molecule has 0 aliphatic rings. The number of nitrogens with zero attached hydrogens (tertiary/aromatic N) is 5. The molecule has 0 radical (unpaired) electrons. The van der Waals surface area contributed by atoms with Gasteiger partial charge in [-0.3, -0.25) is 0 Å². The topological polar surface area (TPSA) is 68.5 Å². The Bertz CT molecular complexity index is 1120. The minimum atomic E-state index is -4.42. The van der Waals surface area contributed by atoms with Crippen LogP contribution in [-0.2, 0) is 12.7 Å². The van der Waals surface area contributed by atoms with Crippen LogP contribution in [0, 0.1) is 6.92 Å². The van der Waals surface area contributed by atoms with Crippen LogP contribution < -0.4 is 5.32 Å². The van der Waals surface area contributed by atoms with E-state index < -0.39 is 11.7 Å². The summed E-state index contributed by atoms with van der Waals surface area (Å²) in [6.07, 6.45) is -4.42. The molecule has 0 amide bonds. The lowest BCUT2D eigenvalue weighted by atomic mass is 10.2. The van der Waals surface area contributed by atoms with Crippen molar-refractivity contribution in [2.45, 2.75) is 19.6 Å². The third-order valence-electron chi connectivity index (χ3n) is 4.10. The van der Waals surface area contributed by atoms with Gasteiger partial charge in [0.25, 0.3) is 0 Å². The van der Waals surface area contributed by atoms with E-state index in [-0.39, 0.29) is 5.69 Å². The fourth-order valence-corrected chi connectivity index (χ4v) is 2.82. The summed E-state index contributed by atoms with van der Waals surface area (Å²) in [6, 6.07) is 14.6. The maximum Gasteiger partial charge on any atom is 0.416 e. The molecule has 0 unspecified atom stereocenters. The summed E-state index contributed by atoms with van der Waals surface area (Å²) in [5, 5.41) is 11.2. The van der Waals surface area contributed by atoms with Crippen molar-refractivity contribution in [3.63, 3.8) is 0 Å². The van der Waals surface area contributed by atoms with Crippen molar-refractivity contribution < 1.29 is 13.2 Å². The van der Waals surface area contributed by atoms with E-state index in [1.165, 1.54) is 12.1 Å². The van der Waals surface area contributed by atoms with E-state index in [0.717, 1.165) is 17.7 Å². The van der Waals surface area contributed by atoms with Crippen molar-refractivity contribution in [2.75, 3.05) is 5.32 Å². The number of halogens is 3. The lowest BCUT2D eigenvalue weighted by Crippen LogP contribution is -2.06. The highest BCUT2D eigenvalue weighted by atomic mass is 19.4. The predicted molar refractivity (Wildman–Crippen MR) is 98.1 cm³/mol. The number of nitrogens with one attached hydrogen (secondary N) is 1. The van der Waals surface area contributed by atoms with E-state index in [4.69, 9.17) is 0 Å². The summed E-state index contributed by atoms with van der Waals surface area (Å²) in [6.45, 7) is 2.17. The number of alkyl halides is 3. The van der Waals surface area contributed by atoms with Gasteiger partial charge >= 0.3 is 6.18 Å². The fraction of sp³-hybridized carbons (Fsp3) is 0.158. The summed E-state index contributed by atoms with van der Waals surface area (Å²) in [4.78, 5) is 8.69. The Labute approximate surface area is 158 Å². The van der Waals surface area contributed by atoms with Crippen LogP contribution in [0.15, 0.2) is 54.6 Å². The lowest BCUT2D eigenvalue weighted by Gasteiger charge is -2.11. The summed E-state index contributed by atoms with van der Waals surface area (Å²) in [5.74, 6) is 0.764. The zero-order valence-corrected chi connectivity index (χ0v) is 14.8. The molecule has 1 N–H and O–H groups in total. The quantitative estimate of drug-likeness (QED) is 0.567. The first-order chi connectivity index (χ1) is 13.4. The predicted octanol–water partition coefficient (Wildman–Crippen LogP) is 4.34. The average Bonchev–Trinajstić information content (AvgIpc) is 3.05. The number of hydrogen-bond donors (Lipinski definition) is 1. The molecular weight excluding hydrogens is 369 g/mol. The van der Waals surface area contributed by atoms with Crippen LogP contribution in [0.4, 0.5) is 24.7 Å².